The van der Waals surface area contributed by atoms with Gasteiger partial charge < -0.3 is 9.15 Å². The van der Waals surface area contributed by atoms with E-state index in [2.05, 4.69) is 10.9 Å². The van der Waals surface area contributed by atoms with Crippen LogP contribution in [0, 0.1) is 0 Å². The first-order valence-corrected chi connectivity index (χ1v) is 8.93. The van der Waals surface area contributed by atoms with Gasteiger partial charge in [0, 0.05) is 11.5 Å². The third-order valence-electron chi connectivity index (χ3n) is 3.83. The molecule has 3 rings (SSSR count). The third kappa shape index (κ3) is 4.32. The average molecular weight is 401 g/mol. The Bertz CT molecular complexity index is 1090. The van der Waals surface area contributed by atoms with Gasteiger partial charge in [0.1, 0.15) is 16.9 Å². The number of hydrazine groups is 1. The van der Waals surface area contributed by atoms with Crippen molar-refractivity contribution in [2.75, 3.05) is 6.61 Å². The molecule has 7 nitrogen and oxygen atoms in total. The molecule has 1 heterocycles. The Balaban J connectivity index is 1.76. The quantitative estimate of drug-likeness (QED) is 0.505. The summed E-state index contributed by atoms with van der Waals surface area (Å²) >= 11 is 5.94. The van der Waals surface area contributed by atoms with Crippen molar-refractivity contribution in [2.24, 2.45) is 0 Å². The number of carbonyl (C=O) groups excluding carboxylic acids is 2. The van der Waals surface area contributed by atoms with Gasteiger partial charge in [-0.2, -0.15) is 0 Å². The fraction of sp³-hybridized carbons (Fsp3) is 0.150. The maximum Gasteiger partial charge on any atom is 0.349 e. The van der Waals surface area contributed by atoms with Crippen molar-refractivity contribution in [3.05, 3.63) is 75.1 Å². The normalized spacial score (nSPS) is 10.5. The van der Waals surface area contributed by atoms with Crippen molar-refractivity contribution in [2.45, 2.75) is 13.3 Å². The topological polar surface area (TPSA) is 97.6 Å². The monoisotopic (exact) mass is 400 g/mol. The van der Waals surface area contributed by atoms with Crippen LogP contribution in [-0.2, 0) is 0 Å². The molecule has 0 radical (unpaired) electrons. The van der Waals surface area contributed by atoms with Crippen molar-refractivity contribution in [3.63, 3.8) is 0 Å². The Hall–Kier alpha value is -3.32. The van der Waals surface area contributed by atoms with E-state index in [1.807, 2.05) is 6.92 Å². The van der Waals surface area contributed by atoms with E-state index in [1.165, 1.54) is 12.1 Å². The SMILES string of the molecule is CCCOc1ccc2cc(C(=O)NNC(=O)c3ccccc3Cl)c(=O)oc2c1. The van der Waals surface area contributed by atoms with Crippen molar-refractivity contribution in [1.82, 2.24) is 10.9 Å². The standard InChI is InChI=1S/C20H17ClN2O5/c1-2-9-27-13-8-7-12-10-15(20(26)28-17(12)11-13)19(25)23-22-18(24)14-5-3-4-6-16(14)21/h3-8,10-11H,2,9H2,1H3,(H,22,24)(H,23,25). The summed E-state index contributed by atoms with van der Waals surface area (Å²) < 4.78 is 10.7. The van der Waals surface area contributed by atoms with Crippen molar-refractivity contribution in [3.8, 4) is 5.75 Å². The van der Waals surface area contributed by atoms with E-state index >= 15 is 0 Å². The van der Waals surface area contributed by atoms with Crippen LogP contribution in [0.4, 0.5) is 0 Å². The second kappa shape index (κ2) is 8.58. The lowest BCUT2D eigenvalue weighted by Gasteiger charge is -2.09. The van der Waals surface area contributed by atoms with Gasteiger partial charge in [-0.15, -0.1) is 0 Å². The van der Waals surface area contributed by atoms with E-state index in [0.717, 1.165) is 6.42 Å². The molecule has 0 fully saturated rings. The minimum Gasteiger partial charge on any atom is -0.493 e. The summed E-state index contributed by atoms with van der Waals surface area (Å²) in [6.45, 7) is 2.53. The molecule has 2 amide bonds. The predicted molar refractivity (Wildman–Crippen MR) is 105 cm³/mol. The number of benzene rings is 2. The fourth-order valence-corrected chi connectivity index (χ4v) is 2.67. The van der Waals surface area contributed by atoms with Gasteiger partial charge in [0.2, 0.25) is 0 Å². The lowest BCUT2D eigenvalue weighted by atomic mass is 10.1. The Labute approximate surface area is 165 Å². The van der Waals surface area contributed by atoms with Gasteiger partial charge in [0.15, 0.2) is 0 Å². The Morgan fingerprint density at radius 2 is 1.75 bits per heavy atom. The minimum absolute atomic E-state index is 0.189. The molecular weight excluding hydrogens is 384 g/mol. The molecule has 0 aliphatic carbocycles. The zero-order valence-corrected chi connectivity index (χ0v) is 15.7. The number of carbonyl (C=O) groups is 2. The van der Waals surface area contributed by atoms with Crippen LogP contribution in [0.5, 0.6) is 5.75 Å². The van der Waals surface area contributed by atoms with Crippen LogP contribution in [0.2, 0.25) is 5.02 Å². The molecule has 0 unspecified atom stereocenters. The minimum atomic E-state index is -0.829. The van der Waals surface area contributed by atoms with Crippen LogP contribution in [0.25, 0.3) is 11.0 Å². The summed E-state index contributed by atoms with van der Waals surface area (Å²) in [5, 5.41) is 0.784. The van der Waals surface area contributed by atoms with E-state index in [-0.39, 0.29) is 16.1 Å². The van der Waals surface area contributed by atoms with Gasteiger partial charge in [-0.3, -0.25) is 20.4 Å². The molecule has 0 bridgehead atoms. The number of hydrogen-bond acceptors (Lipinski definition) is 5. The fourth-order valence-electron chi connectivity index (χ4n) is 2.45. The number of fused-ring (bicyclic) bond motifs is 1. The molecule has 2 N–H and O–H groups in total. The Kier molecular flexibility index (Phi) is 5.96. The molecule has 0 spiro atoms. The van der Waals surface area contributed by atoms with Gasteiger partial charge in [0.25, 0.3) is 11.8 Å². The smallest absolute Gasteiger partial charge is 0.349 e. The highest BCUT2D eigenvalue weighted by molar-refractivity contribution is 6.33. The molecule has 0 saturated heterocycles. The second-order valence-electron chi connectivity index (χ2n) is 5.88. The van der Waals surface area contributed by atoms with Crippen molar-refractivity contribution in [1.29, 1.82) is 0 Å². The second-order valence-corrected chi connectivity index (χ2v) is 6.29. The Morgan fingerprint density at radius 1 is 1.04 bits per heavy atom. The number of nitrogens with one attached hydrogen (secondary N) is 2. The highest BCUT2D eigenvalue weighted by Crippen LogP contribution is 2.20. The molecule has 8 heteroatoms. The maximum atomic E-state index is 12.3. The molecule has 0 saturated carbocycles. The predicted octanol–water partition coefficient (Wildman–Crippen LogP) is 3.31. The largest absolute Gasteiger partial charge is 0.493 e. The average Bonchev–Trinajstić information content (AvgIpc) is 2.69. The molecule has 1 aromatic heterocycles. The summed E-state index contributed by atoms with van der Waals surface area (Å²) in [7, 11) is 0. The number of halogens is 1. The summed E-state index contributed by atoms with van der Waals surface area (Å²) in [4.78, 5) is 36.6. The van der Waals surface area contributed by atoms with Gasteiger partial charge >= 0.3 is 5.63 Å². The molecule has 0 aliphatic heterocycles. The van der Waals surface area contributed by atoms with Gasteiger partial charge in [-0.1, -0.05) is 30.7 Å². The van der Waals surface area contributed by atoms with Gasteiger partial charge in [-0.25, -0.2) is 4.79 Å². The number of ether oxygens (including phenoxy) is 1. The summed E-state index contributed by atoms with van der Waals surface area (Å²) in [5.41, 5.74) is 3.83. The summed E-state index contributed by atoms with van der Waals surface area (Å²) in [5.74, 6) is -0.842. The van der Waals surface area contributed by atoms with E-state index in [9.17, 15) is 14.4 Å². The molecule has 0 atom stereocenters. The summed E-state index contributed by atoms with van der Waals surface area (Å²) in [6.07, 6.45) is 0.848. The van der Waals surface area contributed by atoms with Crippen LogP contribution in [-0.4, -0.2) is 18.4 Å². The van der Waals surface area contributed by atoms with Gasteiger partial charge in [0.05, 0.1) is 17.2 Å². The van der Waals surface area contributed by atoms with E-state index in [1.54, 1.807) is 36.4 Å². The molecule has 0 aliphatic rings. The Morgan fingerprint density at radius 3 is 2.46 bits per heavy atom. The number of amides is 2. The lowest BCUT2D eigenvalue weighted by Crippen LogP contribution is -2.43. The van der Waals surface area contributed by atoms with Crippen LogP contribution < -0.4 is 21.2 Å². The molecular formula is C20H17ClN2O5. The highest BCUT2D eigenvalue weighted by Gasteiger charge is 2.16. The van der Waals surface area contributed by atoms with Crippen LogP contribution in [0.15, 0.2) is 57.7 Å². The molecule has 2 aromatic carbocycles. The first-order valence-electron chi connectivity index (χ1n) is 8.55. The maximum absolute atomic E-state index is 12.3. The van der Waals surface area contributed by atoms with Crippen molar-refractivity contribution >= 4 is 34.4 Å². The van der Waals surface area contributed by atoms with Crippen LogP contribution in [0.3, 0.4) is 0 Å². The number of rotatable bonds is 5. The first kappa shape index (κ1) is 19.4. The molecule has 144 valence electrons. The first-order chi connectivity index (χ1) is 13.5. The van der Waals surface area contributed by atoms with E-state index < -0.39 is 17.4 Å². The highest BCUT2D eigenvalue weighted by atomic mass is 35.5. The van der Waals surface area contributed by atoms with Crippen LogP contribution >= 0.6 is 11.6 Å². The lowest BCUT2D eigenvalue weighted by molar-refractivity contribution is 0.0844. The van der Waals surface area contributed by atoms with Crippen LogP contribution in [0.1, 0.15) is 34.1 Å². The third-order valence-corrected chi connectivity index (χ3v) is 4.16. The molecule has 3 aromatic rings. The number of hydrogen-bond donors (Lipinski definition) is 2. The van der Waals surface area contributed by atoms with Gasteiger partial charge in [-0.05, 0) is 36.8 Å². The zero-order valence-electron chi connectivity index (χ0n) is 15.0. The van der Waals surface area contributed by atoms with E-state index in [4.69, 9.17) is 20.8 Å². The van der Waals surface area contributed by atoms with E-state index in [0.29, 0.717) is 23.3 Å². The zero-order chi connectivity index (χ0) is 20.1. The summed E-state index contributed by atoms with van der Waals surface area (Å²) in [6, 6.07) is 12.8. The van der Waals surface area contributed by atoms with Crippen molar-refractivity contribution < 1.29 is 18.7 Å². The molecule has 28 heavy (non-hydrogen) atoms.